The van der Waals surface area contributed by atoms with Crippen LogP contribution < -0.4 is 15.4 Å². The summed E-state index contributed by atoms with van der Waals surface area (Å²) in [4.78, 5) is 12.8. The summed E-state index contributed by atoms with van der Waals surface area (Å²) < 4.78 is 18.8. The maximum Gasteiger partial charge on any atom is 0.264 e. The second-order valence-electron chi connectivity index (χ2n) is 6.76. The molecule has 7 heteroatoms. The second-order valence-corrected chi connectivity index (χ2v) is 7.75. The summed E-state index contributed by atoms with van der Waals surface area (Å²) in [7, 11) is 1.56. The van der Waals surface area contributed by atoms with Crippen molar-refractivity contribution in [3.63, 3.8) is 0 Å². The molecule has 1 amide bonds. The van der Waals surface area contributed by atoms with Gasteiger partial charge in [-0.2, -0.15) is 5.26 Å². The van der Waals surface area contributed by atoms with E-state index in [1.807, 2.05) is 42.5 Å². The molecule has 0 aliphatic heterocycles. The highest BCUT2D eigenvalue weighted by Gasteiger charge is 2.17. The molecule has 0 aromatic heterocycles. The van der Waals surface area contributed by atoms with Crippen molar-refractivity contribution in [1.29, 1.82) is 5.26 Å². The van der Waals surface area contributed by atoms with E-state index < -0.39 is 5.91 Å². The van der Waals surface area contributed by atoms with Crippen LogP contribution in [0.4, 0.5) is 10.1 Å². The molecule has 0 radical (unpaired) electrons. The number of nitrogens with zero attached hydrogens (tertiary/aromatic N) is 1. The highest BCUT2D eigenvalue weighted by molar-refractivity contribution is 8.02. The molecule has 2 N–H and O–H groups in total. The molecule has 0 saturated heterocycles. The maximum atomic E-state index is 13.6. The fraction of sp³-hybridized carbons (Fsp3) is 0.120. The molecule has 0 unspecified atom stereocenters. The van der Waals surface area contributed by atoms with Crippen molar-refractivity contribution in [2.75, 3.05) is 12.4 Å². The summed E-state index contributed by atoms with van der Waals surface area (Å²) in [5.41, 5.74) is 2.27. The van der Waals surface area contributed by atoms with Gasteiger partial charge in [-0.25, -0.2) is 4.39 Å². The van der Waals surface area contributed by atoms with Crippen molar-refractivity contribution >= 4 is 23.4 Å². The third kappa shape index (κ3) is 6.62. The standard InChI is InChI=1S/C25H22FN3O2S/c1-31-22-12-6-11-21(14-22)29-25(32-17-19-9-5-10-20(26)13-19)23(15-27)24(30)28-16-18-7-3-2-4-8-18/h2-14,29H,16-17H2,1H3,(H,28,30). The Morgan fingerprint density at radius 2 is 1.78 bits per heavy atom. The predicted molar refractivity (Wildman–Crippen MR) is 125 cm³/mol. The molecule has 32 heavy (non-hydrogen) atoms. The zero-order valence-electron chi connectivity index (χ0n) is 17.5. The summed E-state index contributed by atoms with van der Waals surface area (Å²) in [6.07, 6.45) is 0. The van der Waals surface area contributed by atoms with E-state index in [9.17, 15) is 14.4 Å². The summed E-state index contributed by atoms with van der Waals surface area (Å²) in [6, 6.07) is 24.8. The molecule has 3 aromatic rings. The normalized spacial score (nSPS) is 11.2. The average molecular weight is 448 g/mol. The van der Waals surface area contributed by atoms with Crippen LogP contribution in [-0.4, -0.2) is 13.0 Å². The van der Waals surface area contributed by atoms with Crippen LogP contribution >= 0.6 is 11.8 Å². The van der Waals surface area contributed by atoms with Gasteiger partial charge in [0.25, 0.3) is 5.91 Å². The zero-order chi connectivity index (χ0) is 22.8. The first-order chi connectivity index (χ1) is 15.6. The van der Waals surface area contributed by atoms with E-state index in [2.05, 4.69) is 10.6 Å². The maximum absolute atomic E-state index is 13.6. The van der Waals surface area contributed by atoms with Crippen molar-refractivity contribution in [2.24, 2.45) is 0 Å². The van der Waals surface area contributed by atoms with Gasteiger partial charge >= 0.3 is 0 Å². The molecule has 0 heterocycles. The fourth-order valence-corrected chi connectivity index (χ4v) is 3.82. The Hall–Kier alpha value is -3.76. The summed E-state index contributed by atoms with van der Waals surface area (Å²) in [6.45, 7) is 0.297. The van der Waals surface area contributed by atoms with Crippen LogP contribution in [0.3, 0.4) is 0 Å². The summed E-state index contributed by atoms with van der Waals surface area (Å²) in [5.74, 6) is 0.182. The smallest absolute Gasteiger partial charge is 0.264 e. The lowest BCUT2D eigenvalue weighted by Gasteiger charge is -2.14. The van der Waals surface area contributed by atoms with Gasteiger partial charge in [0, 0.05) is 24.1 Å². The van der Waals surface area contributed by atoms with E-state index in [0.717, 1.165) is 11.1 Å². The monoisotopic (exact) mass is 447 g/mol. The van der Waals surface area contributed by atoms with Crippen molar-refractivity contribution in [3.05, 3.63) is 106 Å². The minimum atomic E-state index is -0.492. The SMILES string of the molecule is COc1cccc(NC(SCc2cccc(F)c2)=C(C#N)C(=O)NCc2ccccc2)c1. The number of methoxy groups -OCH3 is 1. The Kier molecular flexibility index (Phi) is 8.29. The molecular weight excluding hydrogens is 425 g/mol. The summed E-state index contributed by atoms with van der Waals surface area (Å²) >= 11 is 1.25. The van der Waals surface area contributed by atoms with Crippen LogP contribution in [0, 0.1) is 17.1 Å². The van der Waals surface area contributed by atoms with Crippen LogP contribution in [0.25, 0.3) is 0 Å². The number of hydrogen-bond donors (Lipinski definition) is 2. The van der Waals surface area contributed by atoms with E-state index in [-0.39, 0.29) is 11.4 Å². The molecule has 162 valence electrons. The molecule has 0 aliphatic carbocycles. The van der Waals surface area contributed by atoms with Gasteiger partial charge in [0.15, 0.2) is 0 Å². The lowest BCUT2D eigenvalue weighted by Crippen LogP contribution is -2.25. The largest absolute Gasteiger partial charge is 0.497 e. The van der Waals surface area contributed by atoms with Gasteiger partial charge in [0.2, 0.25) is 0 Å². The first-order valence-electron chi connectivity index (χ1n) is 9.84. The molecule has 5 nitrogen and oxygen atoms in total. The van der Waals surface area contributed by atoms with Gasteiger partial charge in [0.1, 0.15) is 23.2 Å². The number of amides is 1. The number of hydrogen-bond acceptors (Lipinski definition) is 5. The van der Waals surface area contributed by atoms with E-state index in [1.54, 1.807) is 37.4 Å². The molecule has 3 aromatic carbocycles. The predicted octanol–water partition coefficient (Wildman–Crippen LogP) is 5.23. The second kappa shape index (κ2) is 11.6. The molecule has 0 spiro atoms. The number of nitrogens with one attached hydrogen (secondary N) is 2. The van der Waals surface area contributed by atoms with Gasteiger partial charge in [-0.3, -0.25) is 4.79 Å². The van der Waals surface area contributed by atoms with Crippen LogP contribution in [0.2, 0.25) is 0 Å². The molecule has 0 aliphatic rings. The van der Waals surface area contributed by atoms with Gasteiger partial charge in [0.05, 0.1) is 12.1 Å². The van der Waals surface area contributed by atoms with Crippen LogP contribution in [0.5, 0.6) is 5.75 Å². The van der Waals surface area contributed by atoms with Crippen molar-refractivity contribution < 1.29 is 13.9 Å². The Labute approximate surface area is 190 Å². The third-order valence-corrected chi connectivity index (χ3v) is 5.53. The van der Waals surface area contributed by atoms with Crippen LogP contribution in [-0.2, 0) is 17.1 Å². The number of halogens is 1. The average Bonchev–Trinajstić information content (AvgIpc) is 2.82. The first-order valence-corrected chi connectivity index (χ1v) is 10.8. The zero-order valence-corrected chi connectivity index (χ0v) is 18.3. The number of nitriles is 1. The van der Waals surface area contributed by atoms with E-state index in [4.69, 9.17) is 4.74 Å². The highest BCUT2D eigenvalue weighted by Crippen LogP contribution is 2.28. The lowest BCUT2D eigenvalue weighted by atomic mass is 10.2. The Bertz CT molecular complexity index is 1140. The third-order valence-electron chi connectivity index (χ3n) is 4.46. The Morgan fingerprint density at radius 1 is 1.03 bits per heavy atom. The lowest BCUT2D eigenvalue weighted by molar-refractivity contribution is -0.117. The number of carbonyl (C=O) groups excluding carboxylic acids is 1. The minimum absolute atomic E-state index is 0.0508. The van der Waals surface area contributed by atoms with E-state index in [1.165, 1.54) is 23.9 Å². The van der Waals surface area contributed by atoms with E-state index in [0.29, 0.717) is 28.8 Å². The number of rotatable bonds is 9. The Morgan fingerprint density at radius 3 is 2.50 bits per heavy atom. The number of carbonyl (C=O) groups is 1. The molecule has 3 rings (SSSR count). The minimum Gasteiger partial charge on any atom is -0.497 e. The molecule has 0 fully saturated rings. The Balaban J connectivity index is 1.85. The summed E-state index contributed by atoms with van der Waals surface area (Å²) in [5, 5.41) is 16.1. The molecule has 0 atom stereocenters. The fourth-order valence-electron chi connectivity index (χ4n) is 2.86. The van der Waals surface area contributed by atoms with Gasteiger partial charge in [-0.1, -0.05) is 48.5 Å². The first kappa shape index (κ1) is 22.9. The number of ether oxygens (including phenoxy) is 1. The van der Waals surface area contributed by atoms with Crippen LogP contribution in [0.15, 0.2) is 89.5 Å². The molecule has 0 bridgehead atoms. The van der Waals surface area contributed by atoms with Gasteiger partial charge < -0.3 is 15.4 Å². The topological polar surface area (TPSA) is 74.1 Å². The molecular formula is C25H22FN3O2S. The number of anilines is 1. The van der Waals surface area contributed by atoms with Gasteiger partial charge in [-0.15, -0.1) is 11.8 Å². The quantitative estimate of drug-likeness (QED) is 0.347. The number of thioether (sulfide) groups is 1. The van der Waals surface area contributed by atoms with Crippen molar-refractivity contribution in [3.8, 4) is 11.8 Å². The van der Waals surface area contributed by atoms with Crippen molar-refractivity contribution in [2.45, 2.75) is 12.3 Å². The number of benzene rings is 3. The van der Waals surface area contributed by atoms with Crippen molar-refractivity contribution in [1.82, 2.24) is 5.32 Å². The highest BCUT2D eigenvalue weighted by atomic mass is 32.2. The van der Waals surface area contributed by atoms with Crippen LogP contribution in [0.1, 0.15) is 11.1 Å². The van der Waals surface area contributed by atoms with Gasteiger partial charge in [-0.05, 0) is 35.4 Å². The van der Waals surface area contributed by atoms with E-state index >= 15 is 0 Å². The molecule has 0 saturated carbocycles.